The van der Waals surface area contributed by atoms with Gasteiger partial charge in [-0.15, -0.1) is 0 Å². The highest BCUT2D eigenvalue weighted by Gasteiger charge is 2.05. The second kappa shape index (κ2) is 6.87. The van der Waals surface area contributed by atoms with Gasteiger partial charge in [0.1, 0.15) is 0 Å². The van der Waals surface area contributed by atoms with E-state index in [0.717, 1.165) is 17.5 Å². The van der Waals surface area contributed by atoms with Crippen LogP contribution in [0.4, 0.5) is 0 Å². The number of hydrogen-bond donors (Lipinski definition) is 2. The lowest BCUT2D eigenvalue weighted by Crippen LogP contribution is -2.23. The molecule has 0 aliphatic carbocycles. The van der Waals surface area contributed by atoms with Crippen molar-refractivity contribution in [1.29, 1.82) is 0 Å². The molecule has 0 aromatic heterocycles. The van der Waals surface area contributed by atoms with E-state index in [9.17, 15) is 4.79 Å². The Balaban J connectivity index is 1.96. The molecule has 0 radical (unpaired) electrons. The zero-order valence-corrected chi connectivity index (χ0v) is 11.7. The van der Waals surface area contributed by atoms with Crippen LogP contribution in [0, 0.1) is 6.92 Å². The van der Waals surface area contributed by atoms with Crippen LogP contribution in [0.5, 0.6) is 0 Å². The molecule has 1 amide bonds. The molecule has 2 rings (SSSR count). The smallest absolute Gasteiger partial charge is 0.251 e. The van der Waals surface area contributed by atoms with E-state index >= 15 is 0 Å². The van der Waals surface area contributed by atoms with Gasteiger partial charge in [0.05, 0.1) is 0 Å². The van der Waals surface area contributed by atoms with Crippen molar-refractivity contribution in [1.82, 2.24) is 5.32 Å². The summed E-state index contributed by atoms with van der Waals surface area (Å²) >= 11 is 0. The second-order valence-corrected chi connectivity index (χ2v) is 4.84. The molecule has 0 saturated heterocycles. The summed E-state index contributed by atoms with van der Waals surface area (Å²) in [5.41, 5.74) is 9.67. The van der Waals surface area contributed by atoms with Crippen molar-refractivity contribution in [3.63, 3.8) is 0 Å². The Labute approximate surface area is 119 Å². The number of carbonyl (C=O) groups is 1. The molecule has 0 unspecified atom stereocenters. The minimum atomic E-state index is -0.0486. The highest BCUT2D eigenvalue weighted by atomic mass is 16.1. The molecular weight excluding hydrogens is 248 g/mol. The molecule has 0 aliphatic rings. The van der Waals surface area contributed by atoms with Gasteiger partial charge in [-0.25, -0.2) is 0 Å². The van der Waals surface area contributed by atoms with E-state index < -0.39 is 0 Å². The van der Waals surface area contributed by atoms with Gasteiger partial charge in [0.2, 0.25) is 0 Å². The fraction of sp³-hybridized carbons (Fsp3) is 0.235. The van der Waals surface area contributed by atoms with E-state index in [1.807, 2.05) is 55.5 Å². The first-order chi connectivity index (χ1) is 9.70. The normalized spacial score (nSPS) is 10.3. The molecule has 0 saturated carbocycles. The van der Waals surface area contributed by atoms with Crippen molar-refractivity contribution in [2.45, 2.75) is 19.9 Å². The van der Waals surface area contributed by atoms with Crippen molar-refractivity contribution < 1.29 is 4.79 Å². The highest BCUT2D eigenvalue weighted by molar-refractivity contribution is 5.94. The average molecular weight is 268 g/mol. The second-order valence-electron chi connectivity index (χ2n) is 4.84. The van der Waals surface area contributed by atoms with Crippen molar-refractivity contribution in [2.75, 3.05) is 6.54 Å². The first-order valence-corrected chi connectivity index (χ1v) is 6.82. The monoisotopic (exact) mass is 268 g/mol. The Bertz CT molecular complexity index is 576. The van der Waals surface area contributed by atoms with Crippen molar-refractivity contribution in [2.24, 2.45) is 5.73 Å². The molecule has 0 bridgehead atoms. The lowest BCUT2D eigenvalue weighted by molar-refractivity contribution is 0.0951. The lowest BCUT2D eigenvalue weighted by Gasteiger charge is -2.08. The van der Waals surface area contributed by atoms with Crippen LogP contribution in [-0.2, 0) is 13.0 Å². The number of benzene rings is 2. The van der Waals surface area contributed by atoms with Gasteiger partial charge in [-0.2, -0.15) is 0 Å². The van der Waals surface area contributed by atoms with Crippen LogP contribution in [0.1, 0.15) is 27.0 Å². The van der Waals surface area contributed by atoms with Crippen LogP contribution < -0.4 is 11.1 Å². The third kappa shape index (κ3) is 3.68. The van der Waals surface area contributed by atoms with Gasteiger partial charge in [0, 0.05) is 12.1 Å². The quantitative estimate of drug-likeness (QED) is 0.875. The number of carbonyl (C=O) groups excluding carboxylic acids is 1. The molecule has 3 N–H and O–H groups in total. The van der Waals surface area contributed by atoms with Gasteiger partial charge < -0.3 is 11.1 Å². The minimum Gasteiger partial charge on any atom is -0.348 e. The average Bonchev–Trinajstić information content (AvgIpc) is 2.47. The summed E-state index contributed by atoms with van der Waals surface area (Å²) in [6.07, 6.45) is 0.838. The molecule has 0 atom stereocenters. The zero-order chi connectivity index (χ0) is 14.4. The molecule has 0 aliphatic heterocycles. The van der Waals surface area contributed by atoms with Crippen molar-refractivity contribution in [3.8, 4) is 0 Å². The van der Waals surface area contributed by atoms with Crippen LogP contribution in [-0.4, -0.2) is 12.5 Å². The van der Waals surface area contributed by atoms with E-state index in [0.29, 0.717) is 18.7 Å². The van der Waals surface area contributed by atoms with E-state index in [1.54, 1.807) is 0 Å². The SMILES string of the molecule is Cc1ccccc1CNC(=O)c1ccc(CCN)cc1. The number of rotatable bonds is 5. The van der Waals surface area contributed by atoms with Gasteiger partial charge in [-0.3, -0.25) is 4.79 Å². The van der Waals surface area contributed by atoms with Gasteiger partial charge in [0.15, 0.2) is 0 Å². The zero-order valence-electron chi connectivity index (χ0n) is 11.7. The van der Waals surface area contributed by atoms with E-state index in [4.69, 9.17) is 5.73 Å². The molecule has 3 nitrogen and oxygen atoms in total. The maximum atomic E-state index is 12.1. The van der Waals surface area contributed by atoms with Crippen LogP contribution in [0.25, 0.3) is 0 Å². The van der Waals surface area contributed by atoms with E-state index in [2.05, 4.69) is 5.32 Å². The summed E-state index contributed by atoms with van der Waals surface area (Å²) in [5, 5.41) is 2.94. The Morgan fingerprint density at radius 1 is 1.10 bits per heavy atom. The standard InChI is InChI=1S/C17H20N2O/c1-13-4-2-3-5-16(13)12-19-17(20)15-8-6-14(7-9-15)10-11-18/h2-9H,10-12,18H2,1H3,(H,19,20). The summed E-state index contributed by atoms with van der Waals surface area (Å²) in [4.78, 5) is 12.1. The van der Waals surface area contributed by atoms with Crippen LogP contribution in [0.3, 0.4) is 0 Å². The summed E-state index contributed by atoms with van der Waals surface area (Å²) in [6.45, 7) is 3.22. The molecule has 0 fully saturated rings. The highest BCUT2D eigenvalue weighted by Crippen LogP contribution is 2.08. The van der Waals surface area contributed by atoms with Crippen molar-refractivity contribution >= 4 is 5.91 Å². The number of nitrogens with one attached hydrogen (secondary N) is 1. The predicted molar refractivity (Wildman–Crippen MR) is 81.5 cm³/mol. The molecule has 0 heterocycles. The molecular formula is C17H20N2O. The van der Waals surface area contributed by atoms with Crippen LogP contribution >= 0.6 is 0 Å². The Kier molecular flexibility index (Phi) is 4.91. The van der Waals surface area contributed by atoms with Gasteiger partial charge in [0.25, 0.3) is 5.91 Å². The molecule has 2 aromatic rings. The van der Waals surface area contributed by atoms with E-state index in [-0.39, 0.29) is 5.91 Å². The van der Waals surface area contributed by atoms with Gasteiger partial charge >= 0.3 is 0 Å². The number of amides is 1. The lowest BCUT2D eigenvalue weighted by atomic mass is 10.1. The van der Waals surface area contributed by atoms with E-state index in [1.165, 1.54) is 5.56 Å². The summed E-state index contributed by atoms with van der Waals surface area (Å²) < 4.78 is 0. The Morgan fingerprint density at radius 2 is 1.80 bits per heavy atom. The first-order valence-electron chi connectivity index (χ1n) is 6.82. The topological polar surface area (TPSA) is 55.1 Å². The van der Waals surface area contributed by atoms with Crippen LogP contribution in [0.2, 0.25) is 0 Å². The summed E-state index contributed by atoms with van der Waals surface area (Å²) in [7, 11) is 0. The third-order valence-electron chi connectivity index (χ3n) is 3.35. The molecule has 20 heavy (non-hydrogen) atoms. The maximum absolute atomic E-state index is 12.1. The fourth-order valence-electron chi connectivity index (χ4n) is 2.08. The first kappa shape index (κ1) is 14.3. The molecule has 0 spiro atoms. The molecule has 104 valence electrons. The Morgan fingerprint density at radius 3 is 2.45 bits per heavy atom. The number of aryl methyl sites for hydroxylation is 1. The summed E-state index contributed by atoms with van der Waals surface area (Å²) in [5.74, 6) is -0.0486. The fourth-order valence-corrected chi connectivity index (χ4v) is 2.08. The Hall–Kier alpha value is -2.13. The van der Waals surface area contributed by atoms with Crippen molar-refractivity contribution in [3.05, 3.63) is 70.8 Å². The minimum absolute atomic E-state index is 0.0486. The molecule has 3 heteroatoms. The maximum Gasteiger partial charge on any atom is 0.251 e. The third-order valence-corrected chi connectivity index (χ3v) is 3.35. The number of hydrogen-bond acceptors (Lipinski definition) is 2. The van der Waals surface area contributed by atoms with Gasteiger partial charge in [-0.05, 0) is 48.7 Å². The molecule has 2 aromatic carbocycles. The summed E-state index contributed by atoms with van der Waals surface area (Å²) in [6, 6.07) is 15.7. The largest absolute Gasteiger partial charge is 0.348 e. The predicted octanol–water partition coefficient (Wildman–Crippen LogP) is 2.43. The van der Waals surface area contributed by atoms with Crippen LogP contribution in [0.15, 0.2) is 48.5 Å². The van der Waals surface area contributed by atoms with Gasteiger partial charge in [-0.1, -0.05) is 36.4 Å². The number of nitrogens with two attached hydrogens (primary N) is 1.